The molecule has 5 heteroatoms. The predicted molar refractivity (Wildman–Crippen MR) is 47.5 cm³/mol. The topological polar surface area (TPSA) is 65.0 Å². The van der Waals surface area contributed by atoms with Crippen LogP contribution in [0.1, 0.15) is 20.8 Å². The van der Waals surface area contributed by atoms with E-state index in [9.17, 15) is 4.79 Å². The van der Waals surface area contributed by atoms with Gasteiger partial charge in [-0.1, -0.05) is 0 Å². The van der Waals surface area contributed by atoms with E-state index < -0.39 is 11.9 Å². The van der Waals surface area contributed by atoms with E-state index in [1.165, 1.54) is 6.92 Å². The van der Waals surface area contributed by atoms with Crippen LogP contribution >= 0.6 is 0 Å². The molecule has 0 aromatic heterocycles. The molecule has 0 aliphatic carbocycles. The number of carbonyl (C=O) groups is 1. The first-order valence-electron chi connectivity index (χ1n) is 4.58. The normalized spacial score (nSPS) is 34.1. The maximum atomic E-state index is 10.7. The van der Waals surface area contributed by atoms with Crippen molar-refractivity contribution in [3.63, 3.8) is 0 Å². The molecule has 1 fully saturated rings. The number of ether oxygens (including phenoxy) is 3. The zero-order valence-electron chi connectivity index (χ0n) is 8.65. The highest BCUT2D eigenvalue weighted by Gasteiger charge is 2.43. The monoisotopic (exact) mass is 204 g/mol. The second kappa shape index (κ2) is 4.25. The molecule has 14 heavy (non-hydrogen) atoms. The lowest BCUT2D eigenvalue weighted by atomic mass is 10.2. The summed E-state index contributed by atoms with van der Waals surface area (Å²) < 4.78 is 15.7. The van der Waals surface area contributed by atoms with Crippen molar-refractivity contribution >= 4 is 5.97 Å². The van der Waals surface area contributed by atoms with Crippen molar-refractivity contribution in [2.24, 2.45) is 0 Å². The third kappa shape index (κ3) is 2.43. The Balaban J connectivity index is 2.53. The standard InChI is InChI=1S/C9H16O5/c1-6(13-7(2)11)9(3)12-5-8(4-10)14-9/h6,8,10H,4-5H2,1-3H3. The lowest BCUT2D eigenvalue weighted by Crippen LogP contribution is -2.41. The maximum absolute atomic E-state index is 10.7. The zero-order valence-corrected chi connectivity index (χ0v) is 8.65. The van der Waals surface area contributed by atoms with E-state index in [1.807, 2.05) is 0 Å². The van der Waals surface area contributed by atoms with Gasteiger partial charge in [-0.2, -0.15) is 0 Å². The number of rotatable bonds is 3. The van der Waals surface area contributed by atoms with E-state index in [-0.39, 0.29) is 18.7 Å². The second-order valence-electron chi connectivity index (χ2n) is 3.50. The molecule has 3 atom stereocenters. The summed E-state index contributed by atoms with van der Waals surface area (Å²) in [5.41, 5.74) is 0. The van der Waals surface area contributed by atoms with Gasteiger partial charge >= 0.3 is 5.97 Å². The van der Waals surface area contributed by atoms with E-state index in [0.29, 0.717) is 6.61 Å². The van der Waals surface area contributed by atoms with Gasteiger partial charge in [0.2, 0.25) is 5.79 Å². The highest BCUT2D eigenvalue weighted by molar-refractivity contribution is 5.66. The molecule has 0 aromatic carbocycles. The number of esters is 1. The van der Waals surface area contributed by atoms with Gasteiger partial charge < -0.3 is 19.3 Å². The zero-order chi connectivity index (χ0) is 10.8. The molecule has 5 nitrogen and oxygen atoms in total. The molecular formula is C9H16O5. The van der Waals surface area contributed by atoms with Crippen molar-refractivity contribution in [2.75, 3.05) is 13.2 Å². The first kappa shape index (κ1) is 11.4. The van der Waals surface area contributed by atoms with E-state index in [0.717, 1.165) is 0 Å². The minimum Gasteiger partial charge on any atom is -0.457 e. The molecular weight excluding hydrogens is 188 g/mol. The fourth-order valence-electron chi connectivity index (χ4n) is 1.32. The molecule has 0 spiro atoms. The van der Waals surface area contributed by atoms with Crippen LogP contribution in [0.2, 0.25) is 0 Å². The number of aliphatic hydroxyl groups excluding tert-OH is 1. The van der Waals surface area contributed by atoms with Gasteiger partial charge in [0.25, 0.3) is 0 Å². The Bertz CT molecular complexity index is 217. The highest BCUT2D eigenvalue weighted by atomic mass is 16.8. The Kier molecular flexibility index (Phi) is 3.47. The molecule has 0 bridgehead atoms. The Labute approximate surface area is 82.9 Å². The molecule has 0 radical (unpaired) electrons. The summed E-state index contributed by atoms with van der Waals surface area (Å²) in [4.78, 5) is 10.7. The number of aliphatic hydroxyl groups is 1. The highest BCUT2D eigenvalue weighted by Crippen LogP contribution is 2.28. The largest absolute Gasteiger partial charge is 0.457 e. The van der Waals surface area contributed by atoms with Crippen LogP contribution in [0.25, 0.3) is 0 Å². The van der Waals surface area contributed by atoms with Gasteiger partial charge in [-0.25, -0.2) is 0 Å². The van der Waals surface area contributed by atoms with E-state index in [4.69, 9.17) is 19.3 Å². The molecule has 1 saturated heterocycles. The molecule has 1 rings (SSSR count). The summed E-state index contributed by atoms with van der Waals surface area (Å²) in [7, 11) is 0. The minimum absolute atomic E-state index is 0.0949. The van der Waals surface area contributed by atoms with Crippen LogP contribution in [0.15, 0.2) is 0 Å². The van der Waals surface area contributed by atoms with Crippen molar-refractivity contribution < 1.29 is 24.1 Å². The quantitative estimate of drug-likeness (QED) is 0.659. The van der Waals surface area contributed by atoms with Gasteiger partial charge in [0, 0.05) is 6.92 Å². The lowest BCUT2D eigenvalue weighted by molar-refractivity contribution is -0.224. The summed E-state index contributed by atoms with van der Waals surface area (Å²) in [5, 5.41) is 8.85. The van der Waals surface area contributed by atoms with Crippen LogP contribution in [0, 0.1) is 0 Å². The van der Waals surface area contributed by atoms with Gasteiger partial charge in [-0.15, -0.1) is 0 Å². The fraction of sp³-hybridized carbons (Fsp3) is 0.889. The summed E-state index contributed by atoms with van der Waals surface area (Å²) in [5.74, 6) is -1.32. The first-order chi connectivity index (χ1) is 6.48. The number of hydrogen-bond donors (Lipinski definition) is 1. The maximum Gasteiger partial charge on any atom is 0.303 e. The molecule has 0 amide bonds. The average molecular weight is 204 g/mol. The van der Waals surface area contributed by atoms with Gasteiger partial charge in [0.05, 0.1) is 13.2 Å². The van der Waals surface area contributed by atoms with Gasteiger partial charge in [0.1, 0.15) is 6.10 Å². The van der Waals surface area contributed by atoms with Gasteiger partial charge in [0.15, 0.2) is 6.10 Å². The molecule has 1 aliphatic heterocycles. The van der Waals surface area contributed by atoms with E-state index in [2.05, 4.69) is 0 Å². The van der Waals surface area contributed by atoms with Crippen molar-refractivity contribution in [1.82, 2.24) is 0 Å². The van der Waals surface area contributed by atoms with Crippen molar-refractivity contribution in [1.29, 1.82) is 0 Å². The van der Waals surface area contributed by atoms with Crippen LogP contribution in [-0.2, 0) is 19.0 Å². The molecule has 1 aliphatic rings. The van der Waals surface area contributed by atoms with Crippen molar-refractivity contribution in [2.45, 2.75) is 38.8 Å². The van der Waals surface area contributed by atoms with Crippen LogP contribution in [0.3, 0.4) is 0 Å². The Morgan fingerprint density at radius 3 is 2.86 bits per heavy atom. The third-order valence-corrected chi connectivity index (χ3v) is 2.24. The number of carbonyl (C=O) groups excluding carboxylic acids is 1. The first-order valence-corrected chi connectivity index (χ1v) is 4.58. The second-order valence-corrected chi connectivity index (χ2v) is 3.50. The van der Waals surface area contributed by atoms with Crippen molar-refractivity contribution in [3.8, 4) is 0 Å². The van der Waals surface area contributed by atoms with Crippen LogP contribution in [0.5, 0.6) is 0 Å². The van der Waals surface area contributed by atoms with E-state index in [1.54, 1.807) is 13.8 Å². The Hall–Kier alpha value is -0.650. The fourth-order valence-corrected chi connectivity index (χ4v) is 1.32. The van der Waals surface area contributed by atoms with Crippen LogP contribution in [-0.4, -0.2) is 42.3 Å². The summed E-state index contributed by atoms with van der Waals surface area (Å²) in [6, 6.07) is 0. The molecule has 3 unspecified atom stereocenters. The number of hydrogen-bond acceptors (Lipinski definition) is 5. The van der Waals surface area contributed by atoms with E-state index >= 15 is 0 Å². The van der Waals surface area contributed by atoms with Crippen LogP contribution in [0.4, 0.5) is 0 Å². The predicted octanol–water partition coefficient (Wildman–Crippen LogP) is 0.0619. The molecule has 82 valence electrons. The summed E-state index contributed by atoms with van der Waals surface area (Å²) >= 11 is 0. The molecule has 0 saturated carbocycles. The van der Waals surface area contributed by atoms with Crippen molar-refractivity contribution in [3.05, 3.63) is 0 Å². The summed E-state index contributed by atoms with van der Waals surface area (Å²) in [6.45, 7) is 4.94. The molecule has 0 aromatic rings. The lowest BCUT2D eigenvalue weighted by Gasteiger charge is -2.29. The molecule has 1 heterocycles. The van der Waals surface area contributed by atoms with Gasteiger partial charge in [-0.3, -0.25) is 4.79 Å². The SMILES string of the molecule is CC(=O)OC(C)C1(C)OCC(CO)O1. The third-order valence-electron chi connectivity index (χ3n) is 2.24. The smallest absolute Gasteiger partial charge is 0.303 e. The summed E-state index contributed by atoms with van der Waals surface area (Å²) in [6.07, 6.45) is -0.824. The Morgan fingerprint density at radius 2 is 2.43 bits per heavy atom. The van der Waals surface area contributed by atoms with Crippen LogP contribution < -0.4 is 0 Å². The average Bonchev–Trinajstić information content (AvgIpc) is 2.48. The molecule has 1 N–H and O–H groups in total. The minimum atomic E-state index is -0.945. The Morgan fingerprint density at radius 1 is 1.79 bits per heavy atom. The van der Waals surface area contributed by atoms with Gasteiger partial charge in [-0.05, 0) is 13.8 Å².